The molecule has 0 saturated heterocycles. The van der Waals surface area contributed by atoms with Crippen molar-refractivity contribution >= 4 is 16.5 Å². The molecule has 1 aromatic rings. The number of aryl methyl sites for hydroxylation is 1. The Labute approximate surface area is 72.8 Å². The van der Waals surface area contributed by atoms with E-state index >= 15 is 0 Å². The van der Waals surface area contributed by atoms with Gasteiger partial charge in [-0.2, -0.15) is 0 Å². The van der Waals surface area contributed by atoms with E-state index in [0.717, 1.165) is 11.9 Å². The highest BCUT2D eigenvalue weighted by Crippen LogP contribution is 2.17. The Kier molecular flexibility index (Phi) is 2.56. The molecular weight excluding hydrogens is 184 g/mol. The molecule has 0 aliphatic rings. The standard InChI is InChI=1S/C6H9F2N3S/c1-4-10-11-5(12-4)9-3-6(2,7)8/h3H2,1-2H3,(H,9,11). The highest BCUT2D eigenvalue weighted by Gasteiger charge is 2.20. The molecule has 1 aromatic heterocycles. The molecule has 1 heterocycles. The van der Waals surface area contributed by atoms with E-state index < -0.39 is 12.5 Å². The lowest BCUT2D eigenvalue weighted by Crippen LogP contribution is -2.22. The number of hydrogen-bond donors (Lipinski definition) is 1. The van der Waals surface area contributed by atoms with Gasteiger partial charge in [-0.3, -0.25) is 0 Å². The summed E-state index contributed by atoms with van der Waals surface area (Å²) in [7, 11) is 0. The van der Waals surface area contributed by atoms with E-state index in [-0.39, 0.29) is 0 Å². The fourth-order valence-electron chi connectivity index (χ4n) is 0.599. The average molecular weight is 193 g/mol. The van der Waals surface area contributed by atoms with Crippen LogP contribution >= 0.6 is 11.3 Å². The molecule has 0 aromatic carbocycles. The molecule has 0 unspecified atom stereocenters. The Morgan fingerprint density at radius 2 is 2.17 bits per heavy atom. The Bertz CT molecular complexity index is 256. The molecule has 0 radical (unpaired) electrons. The quantitative estimate of drug-likeness (QED) is 0.796. The van der Waals surface area contributed by atoms with Gasteiger partial charge in [0.25, 0.3) is 5.92 Å². The third-order valence-electron chi connectivity index (χ3n) is 1.08. The highest BCUT2D eigenvalue weighted by molar-refractivity contribution is 7.15. The lowest BCUT2D eigenvalue weighted by atomic mass is 10.4. The number of rotatable bonds is 3. The number of nitrogens with one attached hydrogen (secondary N) is 1. The van der Waals surface area contributed by atoms with Crippen molar-refractivity contribution in [2.45, 2.75) is 19.8 Å². The molecule has 0 bridgehead atoms. The van der Waals surface area contributed by atoms with Crippen molar-refractivity contribution in [1.82, 2.24) is 10.2 Å². The van der Waals surface area contributed by atoms with Gasteiger partial charge in [-0.15, -0.1) is 10.2 Å². The second kappa shape index (κ2) is 3.30. The van der Waals surface area contributed by atoms with Gasteiger partial charge in [-0.25, -0.2) is 8.78 Å². The van der Waals surface area contributed by atoms with E-state index in [0.29, 0.717) is 5.13 Å². The van der Waals surface area contributed by atoms with Crippen molar-refractivity contribution in [3.8, 4) is 0 Å². The molecule has 0 saturated carbocycles. The van der Waals surface area contributed by atoms with Crippen molar-refractivity contribution in [1.29, 1.82) is 0 Å². The summed E-state index contributed by atoms with van der Waals surface area (Å²) in [6.07, 6.45) is 0. The zero-order valence-corrected chi connectivity index (χ0v) is 7.58. The van der Waals surface area contributed by atoms with Crippen LogP contribution in [0.1, 0.15) is 11.9 Å². The molecule has 12 heavy (non-hydrogen) atoms. The monoisotopic (exact) mass is 193 g/mol. The zero-order chi connectivity index (χ0) is 9.19. The van der Waals surface area contributed by atoms with E-state index in [4.69, 9.17) is 0 Å². The fourth-order valence-corrected chi connectivity index (χ4v) is 1.19. The largest absolute Gasteiger partial charge is 0.354 e. The number of alkyl halides is 2. The van der Waals surface area contributed by atoms with Gasteiger partial charge in [0.2, 0.25) is 5.13 Å². The summed E-state index contributed by atoms with van der Waals surface area (Å²) in [6, 6.07) is 0. The number of hydrogen-bond acceptors (Lipinski definition) is 4. The summed E-state index contributed by atoms with van der Waals surface area (Å²) in [4.78, 5) is 0. The maximum Gasteiger partial charge on any atom is 0.262 e. The minimum atomic E-state index is -2.71. The molecule has 3 nitrogen and oxygen atoms in total. The second-order valence-electron chi connectivity index (χ2n) is 2.55. The smallest absolute Gasteiger partial charge is 0.262 e. The topological polar surface area (TPSA) is 37.8 Å². The summed E-state index contributed by atoms with van der Waals surface area (Å²) in [5, 5.41) is 11.0. The van der Waals surface area contributed by atoms with Gasteiger partial charge in [0, 0.05) is 6.92 Å². The summed E-state index contributed by atoms with van der Waals surface area (Å²) < 4.78 is 24.6. The van der Waals surface area contributed by atoms with Gasteiger partial charge in [0.1, 0.15) is 5.01 Å². The normalized spacial score (nSPS) is 11.7. The Hall–Kier alpha value is -0.780. The number of nitrogens with zero attached hydrogens (tertiary/aromatic N) is 2. The number of halogens is 2. The lowest BCUT2D eigenvalue weighted by Gasteiger charge is -2.09. The molecule has 68 valence electrons. The Morgan fingerprint density at radius 3 is 2.58 bits per heavy atom. The van der Waals surface area contributed by atoms with Gasteiger partial charge in [-0.05, 0) is 6.92 Å². The van der Waals surface area contributed by atoms with Gasteiger partial charge in [0.15, 0.2) is 0 Å². The predicted octanol–water partition coefficient (Wildman–Crippen LogP) is 1.91. The SMILES string of the molecule is Cc1nnc(NCC(C)(F)F)s1. The summed E-state index contributed by atoms with van der Waals surface area (Å²) in [6.45, 7) is 2.22. The van der Waals surface area contributed by atoms with Crippen LogP contribution in [0.4, 0.5) is 13.9 Å². The predicted molar refractivity (Wildman–Crippen MR) is 43.8 cm³/mol. The molecule has 0 spiro atoms. The maximum absolute atomic E-state index is 12.3. The Morgan fingerprint density at radius 1 is 1.50 bits per heavy atom. The van der Waals surface area contributed by atoms with E-state index in [2.05, 4.69) is 15.5 Å². The number of anilines is 1. The first kappa shape index (κ1) is 9.31. The molecular formula is C6H9F2N3S. The molecule has 6 heteroatoms. The van der Waals surface area contributed by atoms with Crippen LogP contribution in [0.5, 0.6) is 0 Å². The minimum absolute atomic E-state index is 0.401. The lowest BCUT2D eigenvalue weighted by molar-refractivity contribution is 0.0367. The Balaban J connectivity index is 2.44. The van der Waals surface area contributed by atoms with Gasteiger partial charge < -0.3 is 5.32 Å². The molecule has 0 aliphatic heterocycles. The van der Waals surface area contributed by atoms with Crippen molar-refractivity contribution in [3.05, 3.63) is 5.01 Å². The van der Waals surface area contributed by atoms with Gasteiger partial charge in [0.05, 0.1) is 6.54 Å². The van der Waals surface area contributed by atoms with Crippen LogP contribution < -0.4 is 5.32 Å². The average Bonchev–Trinajstić information content (AvgIpc) is 2.30. The zero-order valence-electron chi connectivity index (χ0n) is 6.77. The van der Waals surface area contributed by atoms with Gasteiger partial charge in [-0.1, -0.05) is 11.3 Å². The maximum atomic E-state index is 12.3. The molecule has 0 fully saturated rings. The fraction of sp³-hybridized carbons (Fsp3) is 0.667. The molecule has 0 aliphatic carbocycles. The first-order valence-corrected chi connectivity index (χ1v) is 4.21. The van der Waals surface area contributed by atoms with Gasteiger partial charge >= 0.3 is 0 Å². The third-order valence-corrected chi connectivity index (χ3v) is 1.87. The first-order chi connectivity index (χ1) is 5.47. The van der Waals surface area contributed by atoms with Crippen LogP contribution in [0, 0.1) is 6.92 Å². The van der Waals surface area contributed by atoms with Crippen LogP contribution in [-0.4, -0.2) is 22.7 Å². The number of aromatic nitrogens is 2. The summed E-state index contributed by atoms with van der Waals surface area (Å²) in [5.41, 5.74) is 0. The van der Waals surface area contributed by atoms with E-state index in [1.54, 1.807) is 6.92 Å². The van der Waals surface area contributed by atoms with Crippen molar-refractivity contribution < 1.29 is 8.78 Å². The highest BCUT2D eigenvalue weighted by atomic mass is 32.1. The molecule has 1 rings (SSSR count). The van der Waals surface area contributed by atoms with Crippen molar-refractivity contribution in [2.75, 3.05) is 11.9 Å². The van der Waals surface area contributed by atoms with Crippen LogP contribution in [0.3, 0.4) is 0 Å². The van der Waals surface area contributed by atoms with Crippen LogP contribution in [0.2, 0.25) is 0 Å². The minimum Gasteiger partial charge on any atom is -0.354 e. The second-order valence-corrected chi connectivity index (χ2v) is 3.73. The van der Waals surface area contributed by atoms with Crippen molar-refractivity contribution in [3.63, 3.8) is 0 Å². The van der Waals surface area contributed by atoms with Crippen LogP contribution in [0.15, 0.2) is 0 Å². The first-order valence-electron chi connectivity index (χ1n) is 3.39. The third kappa shape index (κ3) is 3.08. The van der Waals surface area contributed by atoms with Crippen molar-refractivity contribution in [2.24, 2.45) is 0 Å². The van der Waals surface area contributed by atoms with E-state index in [9.17, 15) is 8.78 Å². The van der Waals surface area contributed by atoms with E-state index in [1.165, 1.54) is 11.3 Å². The molecule has 1 N–H and O–H groups in total. The summed E-state index contributed by atoms with van der Waals surface area (Å²) in [5.74, 6) is -2.71. The molecule has 0 atom stereocenters. The van der Waals surface area contributed by atoms with Crippen LogP contribution in [-0.2, 0) is 0 Å². The molecule has 0 amide bonds. The van der Waals surface area contributed by atoms with Crippen LogP contribution in [0.25, 0.3) is 0 Å². The van der Waals surface area contributed by atoms with E-state index in [1.807, 2.05) is 0 Å². The summed E-state index contributed by atoms with van der Waals surface area (Å²) >= 11 is 1.26.